The Morgan fingerprint density at radius 3 is 2.60 bits per heavy atom. The van der Waals surface area contributed by atoms with Gasteiger partial charge in [0.25, 0.3) is 0 Å². The highest BCUT2D eigenvalue weighted by Gasteiger charge is 2.13. The van der Waals surface area contributed by atoms with Gasteiger partial charge in [-0.3, -0.25) is 4.79 Å². The molecule has 0 heterocycles. The van der Waals surface area contributed by atoms with E-state index in [1.54, 1.807) is 0 Å². The summed E-state index contributed by atoms with van der Waals surface area (Å²) in [5.74, 6) is -0.225. The predicted octanol–water partition coefficient (Wildman–Crippen LogP) is 2.30. The lowest BCUT2D eigenvalue weighted by Gasteiger charge is -2.23. The lowest BCUT2D eigenvalue weighted by molar-refractivity contribution is -0.147. The number of anilines is 1. The number of carbonyl (C=O) groups is 1. The number of likely N-dealkylation sites (N-methyl/N-ethyl adjacent to an activating group) is 1. The van der Waals surface area contributed by atoms with Crippen molar-refractivity contribution in [2.24, 2.45) is 5.92 Å². The fraction of sp³-hybridized carbons (Fsp3) is 0.562. The number of para-hydroxylation sites is 1. The average molecular weight is 278 g/mol. The van der Waals surface area contributed by atoms with E-state index in [2.05, 4.69) is 29.3 Å². The zero-order chi connectivity index (χ0) is 14.8. The summed E-state index contributed by atoms with van der Waals surface area (Å²) in [7, 11) is 0. The van der Waals surface area contributed by atoms with Crippen molar-refractivity contribution in [3.05, 3.63) is 30.3 Å². The molecule has 0 saturated carbocycles. The van der Waals surface area contributed by atoms with E-state index in [9.17, 15) is 4.79 Å². The van der Waals surface area contributed by atoms with Crippen LogP contribution in [-0.2, 0) is 9.53 Å². The predicted molar refractivity (Wildman–Crippen MR) is 83.0 cm³/mol. The molecule has 20 heavy (non-hydrogen) atoms. The van der Waals surface area contributed by atoms with Crippen LogP contribution in [-0.4, -0.2) is 38.8 Å². The van der Waals surface area contributed by atoms with Crippen molar-refractivity contribution >= 4 is 11.7 Å². The second-order valence-corrected chi connectivity index (χ2v) is 4.77. The van der Waals surface area contributed by atoms with Gasteiger partial charge in [0.1, 0.15) is 0 Å². The zero-order valence-electron chi connectivity index (χ0n) is 12.8. The zero-order valence-corrected chi connectivity index (χ0v) is 12.8. The van der Waals surface area contributed by atoms with E-state index >= 15 is 0 Å². The molecule has 0 spiro atoms. The number of carbonyl (C=O) groups excluding carboxylic acids is 1. The molecule has 1 aromatic rings. The lowest BCUT2D eigenvalue weighted by Crippen LogP contribution is -2.35. The van der Waals surface area contributed by atoms with E-state index in [0.717, 1.165) is 19.6 Å². The van der Waals surface area contributed by atoms with Gasteiger partial charge in [-0.25, -0.2) is 0 Å². The highest BCUT2D eigenvalue weighted by molar-refractivity contribution is 5.72. The van der Waals surface area contributed by atoms with E-state index in [1.165, 1.54) is 5.69 Å². The first-order valence-corrected chi connectivity index (χ1v) is 7.36. The summed E-state index contributed by atoms with van der Waals surface area (Å²) in [4.78, 5) is 13.8. The monoisotopic (exact) mass is 278 g/mol. The molecule has 0 saturated heterocycles. The molecule has 0 aliphatic heterocycles. The third-order valence-electron chi connectivity index (χ3n) is 3.20. The van der Waals surface area contributed by atoms with Crippen LogP contribution in [0.4, 0.5) is 5.69 Å². The SMILES string of the molecule is CCOC(=O)C(C)CNCCN(CC)c1ccccc1. The number of rotatable bonds is 9. The van der Waals surface area contributed by atoms with Crippen LogP contribution < -0.4 is 10.2 Å². The summed E-state index contributed by atoms with van der Waals surface area (Å²) in [5.41, 5.74) is 1.23. The summed E-state index contributed by atoms with van der Waals surface area (Å²) in [5, 5.41) is 3.32. The molecule has 4 nitrogen and oxygen atoms in total. The molecule has 1 aromatic carbocycles. The number of esters is 1. The molecule has 0 aliphatic rings. The summed E-state index contributed by atoms with van der Waals surface area (Å²) in [6, 6.07) is 10.4. The quantitative estimate of drug-likeness (QED) is 0.556. The number of nitrogens with one attached hydrogen (secondary N) is 1. The van der Waals surface area contributed by atoms with Crippen molar-refractivity contribution in [1.29, 1.82) is 0 Å². The molecular formula is C16H26N2O2. The molecule has 0 fully saturated rings. The van der Waals surface area contributed by atoms with Crippen molar-refractivity contribution in [3.8, 4) is 0 Å². The van der Waals surface area contributed by atoms with Crippen LogP contribution in [0.15, 0.2) is 30.3 Å². The van der Waals surface area contributed by atoms with Crippen molar-refractivity contribution in [2.45, 2.75) is 20.8 Å². The highest BCUT2D eigenvalue weighted by Crippen LogP contribution is 2.11. The van der Waals surface area contributed by atoms with E-state index < -0.39 is 0 Å². The summed E-state index contributed by atoms with van der Waals surface area (Å²) >= 11 is 0. The number of hydrogen-bond donors (Lipinski definition) is 1. The standard InChI is InChI=1S/C16H26N2O2/c1-4-18(15-9-7-6-8-10-15)12-11-17-13-14(3)16(19)20-5-2/h6-10,14,17H,4-5,11-13H2,1-3H3. The van der Waals surface area contributed by atoms with E-state index in [1.807, 2.05) is 32.0 Å². The fourth-order valence-corrected chi connectivity index (χ4v) is 2.01. The maximum absolute atomic E-state index is 11.5. The first-order valence-electron chi connectivity index (χ1n) is 7.36. The minimum absolute atomic E-state index is 0.0956. The van der Waals surface area contributed by atoms with Gasteiger partial charge in [0.2, 0.25) is 0 Å². The van der Waals surface area contributed by atoms with Gasteiger partial charge in [-0.2, -0.15) is 0 Å². The molecule has 0 aromatic heterocycles. The van der Waals surface area contributed by atoms with Crippen molar-refractivity contribution < 1.29 is 9.53 Å². The molecule has 0 radical (unpaired) electrons. The second kappa shape index (κ2) is 9.37. The molecule has 4 heteroatoms. The largest absolute Gasteiger partial charge is 0.466 e. The summed E-state index contributed by atoms with van der Waals surface area (Å²) in [6.07, 6.45) is 0. The lowest BCUT2D eigenvalue weighted by atomic mass is 10.2. The molecule has 1 unspecified atom stereocenters. The minimum Gasteiger partial charge on any atom is -0.466 e. The topological polar surface area (TPSA) is 41.6 Å². The maximum Gasteiger partial charge on any atom is 0.309 e. The summed E-state index contributed by atoms with van der Waals surface area (Å²) < 4.78 is 4.98. The smallest absolute Gasteiger partial charge is 0.309 e. The maximum atomic E-state index is 11.5. The van der Waals surface area contributed by atoms with Gasteiger partial charge in [0, 0.05) is 31.9 Å². The first kappa shape index (κ1) is 16.5. The van der Waals surface area contributed by atoms with Gasteiger partial charge >= 0.3 is 5.97 Å². The Labute approximate surface area is 122 Å². The Morgan fingerprint density at radius 1 is 1.30 bits per heavy atom. The Morgan fingerprint density at radius 2 is 2.00 bits per heavy atom. The van der Waals surface area contributed by atoms with Crippen molar-refractivity contribution in [1.82, 2.24) is 5.32 Å². The third kappa shape index (κ3) is 5.61. The molecular weight excluding hydrogens is 252 g/mol. The number of hydrogen-bond acceptors (Lipinski definition) is 4. The Hall–Kier alpha value is -1.55. The second-order valence-electron chi connectivity index (χ2n) is 4.77. The number of ether oxygens (including phenoxy) is 1. The molecule has 1 atom stereocenters. The molecule has 0 aliphatic carbocycles. The third-order valence-corrected chi connectivity index (χ3v) is 3.20. The van der Waals surface area contributed by atoms with E-state index in [0.29, 0.717) is 13.2 Å². The Bertz CT molecular complexity index is 381. The van der Waals surface area contributed by atoms with Crippen LogP contribution in [0.1, 0.15) is 20.8 Å². The van der Waals surface area contributed by atoms with Gasteiger partial charge in [0.15, 0.2) is 0 Å². The van der Waals surface area contributed by atoms with Gasteiger partial charge < -0.3 is 15.0 Å². The minimum atomic E-state index is -0.129. The molecule has 1 rings (SSSR count). The van der Waals surface area contributed by atoms with Crippen molar-refractivity contribution in [3.63, 3.8) is 0 Å². The van der Waals surface area contributed by atoms with Gasteiger partial charge in [0.05, 0.1) is 12.5 Å². The number of nitrogens with zero attached hydrogens (tertiary/aromatic N) is 1. The van der Waals surface area contributed by atoms with Crippen LogP contribution in [0, 0.1) is 5.92 Å². The van der Waals surface area contributed by atoms with Crippen LogP contribution in [0.25, 0.3) is 0 Å². The molecule has 112 valence electrons. The molecule has 1 N–H and O–H groups in total. The molecule has 0 bridgehead atoms. The fourth-order valence-electron chi connectivity index (χ4n) is 2.01. The van der Waals surface area contributed by atoms with Crippen molar-refractivity contribution in [2.75, 3.05) is 37.7 Å². The van der Waals surface area contributed by atoms with Crippen LogP contribution >= 0.6 is 0 Å². The molecule has 0 amide bonds. The normalized spacial score (nSPS) is 11.9. The van der Waals surface area contributed by atoms with Gasteiger partial charge in [-0.1, -0.05) is 25.1 Å². The van der Waals surface area contributed by atoms with E-state index in [4.69, 9.17) is 4.74 Å². The summed E-state index contributed by atoms with van der Waals surface area (Å²) in [6.45, 7) is 9.72. The highest BCUT2D eigenvalue weighted by atomic mass is 16.5. The van der Waals surface area contributed by atoms with Gasteiger partial charge in [-0.05, 0) is 26.0 Å². The van der Waals surface area contributed by atoms with E-state index in [-0.39, 0.29) is 11.9 Å². The van der Waals surface area contributed by atoms with Crippen LogP contribution in [0.2, 0.25) is 0 Å². The first-order chi connectivity index (χ1) is 9.69. The van der Waals surface area contributed by atoms with Crippen LogP contribution in [0.3, 0.4) is 0 Å². The number of benzene rings is 1. The average Bonchev–Trinajstić information content (AvgIpc) is 2.48. The Kier molecular flexibility index (Phi) is 7.73. The Balaban J connectivity index is 2.27. The van der Waals surface area contributed by atoms with Gasteiger partial charge in [-0.15, -0.1) is 0 Å². The van der Waals surface area contributed by atoms with Crippen LogP contribution in [0.5, 0.6) is 0 Å².